The van der Waals surface area contributed by atoms with Crippen molar-refractivity contribution in [2.75, 3.05) is 19.0 Å². The lowest BCUT2D eigenvalue weighted by Crippen LogP contribution is -2.10. The van der Waals surface area contributed by atoms with Crippen molar-refractivity contribution in [2.45, 2.75) is 13.5 Å². The molecule has 0 bridgehead atoms. The Morgan fingerprint density at radius 1 is 1.50 bits per heavy atom. The van der Waals surface area contributed by atoms with E-state index in [1.807, 2.05) is 0 Å². The molecule has 0 atom stereocenters. The normalized spacial score (nSPS) is 10.4. The first-order valence-electron chi connectivity index (χ1n) is 5.29. The van der Waals surface area contributed by atoms with Crippen molar-refractivity contribution in [2.24, 2.45) is 0 Å². The summed E-state index contributed by atoms with van der Waals surface area (Å²) in [7, 11) is 3.57. The van der Waals surface area contributed by atoms with Crippen LogP contribution in [-0.4, -0.2) is 30.2 Å². The number of hydrogen-bond acceptors (Lipinski definition) is 7. The lowest BCUT2D eigenvalue weighted by atomic mass is 10.3. The molecule has 0 aliphatic rings. The van der Waals surface area contributed by atoms with Crippen LogP contribution in [0.25, 0.3) is 0 Å². The molecule has 0 unspecified atom stereocenters. The van der Waals surface area contributed by atoms with E-state index in [2.05, 4.69) is 10.1 Å². The van der Waals surface area contributed by atoms with Crippen molar-refractivity contribution in [1.82, 2.24) is 10.1 Å². The fourth-order valence-corrected chi connectivity index (χ4v) is 1.26. The van der Waals surface area contributed by atoms with Crippen LogP contribution in [-0.2, 0) is 11.3 Å². The van der Waals surface area contributed by atoms with E-state index in [9.17, 15) is 4.79 Å². The Balaban J connectivity index is 1.95. The van der Waals surface area contributed by atoms with E-state index in [0.717, 1.165) is 5.56 Å². The van der Waals surface area contributed by atoms with Gasteiger partial charge in [-0.25, -0.2) is 4.79 Å². The molecule has 2 rings (SSSR count). The first-order valence-corrected chi connectivity index (χ1v) is 5.29. The minimum Gasteiger partial charge on any atom is -0.457 e. The Morgan fingerprint density at radius 2 is 2.28 bits per heavy atom. The zero-order chi connectivity index (χ0) is 13.1. The Labute approximate surface area is 103 Å². The average Bonchev–Trinajstić information content (AvgIpc) is 2.94. The van der Waals surface area contributed by atoms with Gasteiger partial charge in [-0.1, -0.05) is 0 Å². The fourth-order valence-electron chi connectivity index (χ4n) is 1.26. The number of carbonyl (C=O) groups excluding carboxylic acids is 1. The van der Waals surface area contributed by atoms with Crippen molar-refractivity contribution in [3.05, 3.63) is 29.5 Å². The van der Waals surface area contributed by atoms with Gasteiger partial charge in [0, 0.05) is 19.7 Å². The smallest absolute Gasteiger partial charge is 0.375 e. The number of hydrogen-bond donors (Lipinski definition) is 0. The lowest BCUT2D eigenvalue weighted by molar-refractivity contribution is 0.0392. The second-order valence-electron chi connectivity index (χ2n) is 3.89. The minimum absolute atomic E-state index is 0.0835. The minimum atomic E-state index is -0.554. The molecule has 7 nitrogen and oxygen atoms in total. The van der Waals surface area contributed by atoms with Gasteiger partial charge in [-0.3, -0.25) is 0 Å². The van der Waals surface area contributed by atoms with E-state index in [1.54, 1.807) is 32.0 Å². The van der Waals surface area contributed by atoms with Gasteiger partial charge in [-0.2, -0.15) is 4.98 Å². The highest BCUT2D eigenvalue weighted by molar-refractivity contribution is 5.87. The van der Waals surface area contributed by atoms with Gasteiger partial charge in [0.1, 0.15) is 0 Å². The van der Waals surface area contributed by atoms with Gasteiger partial charge in [-0.05, 0) is 18.1 Å². The van der Waals surface area contributed by atoms with E-state index in [0.29, 0.717) is 5.95 Å². The lowest BCUT2D eigenvalue weighted by Gasteiger charge is -2.02. The molecule has 0 saturated carbocycles. The summed E-state index contributed by atoms with van der Waals surface area (Å²) >= 11 is 0. The number of ether oxygens (including phenoxy) is 1. The second-order valence-corrected chi connectivity index (χ2v) is 3.89. The zero-order valence-corrected chi connectivity index (χ0v) is 10.3. The molecule has 0 N–H and O–H groups in total. The first-order chi connectivity index (χ1) is 8.58. The van der Waals surface area contributed by atoms with Crippen LogP contribution < -0.4 is 4.90 Å². The highest BCUT2D eigenvalue weighted by Crippen LogP contribution is 2.12. The SMILES string of the molecule is Cc1ccoc1C(=O)OCc1nc(N(C)C)no1. The molecule has 0 aliphatic heterocycles. The van der Waals surface area contributed by atoms with Crippen molar-refractivity contribution < 1.29 is 18.5 Å². The topological polar surface area (TPSA) is 81.6 Å². The summed E-state index contributed by atoms with van der Waals surface area (Å²) < 4.78 is 14.9. The van der Waals surface area contributed by atoms with Crippen molar-refractivity contribution >= 4 is 11.9 Å². The maximum absolute atomic E-state index is 11.6. The highest BCUT2D eigenvalue weighted by Gasteiger charge is 2.16. The van der Waals surface area contributed by atoms with E-state index in [-0.39, 0.29) is 18.3 Å². The number of carbonyl (C=O) groups is 1. The van der Waals surface area contributed by atoms with Crippen LogP contribution in [0.5, 0.6) is 0 Å². The van der Waals surface area contributed by atoms with Crippen LogP contribution in [0.15, 0.2) is 21.3 Å². The summed E-state index contributed by atoms with van der Waals surface area (Å²) in [5, 5.41) is 3.70. The molecular formula is C11H13N3O4. The van der Waals surface area contributed by atoms with Crippen LogP contribution in [0.2, 0.25) is 0 Å². The molecule has 2 aromatic heterocycles. The Bertz CT molecular complexity index is 544. The van der Waals surface area contributed by atoms with E-state index in [4.69, 9.17) is 13.7 Å². The number of esters is 1. The third-order valence-corrected chi connectivity index (χ3v) is 2.23. The number of aryl methyl sites for hydroxylation is 1. The highest BCUT2D eigenvalue weighted by atomic mass is 16.6. The van der Waals surface area contributed by atoms with Crippen LogP contribution in [0.1, 0.15) is 22.0 Å². The number of rotatable bonds is 4. The predicted octanol–water partition coefficient (Wildman–Crippen LogP) is 1.39. The van der Waals surface area contributed by atoms with Crippen molar-refractivity contribution in [3.63, 3.8) is 0 Å². The number of furan rings is 1. The third kappa shape index (κ3) is 2.50. The summed E-state index contributed by atoms with van der Waals surface area (Å²) in [6.07, 6.45) is 1.43. The van der Waals surface area contributed by atoms with E-state index in [1.165, 1.54) is 6.26 Å². The molecule has 0 saturated heterocycles. The third-order valence-electron chi connectivity index (χ3n) is 2.23. The zero-order valence-electron chi connectivity index (χ0n) is 10.3. The summed E-state index contributed by atoms with van der Waals surface area (Å²) in [6, 6.07) is 1.69. The van der Waals surface area contributed by atoms with Gasteiger partial charge in [0.05, 0.1) is 6.26 Å². The standard InChI is InChI=1S/C11H13N3O4/c1-7-4-5-16-9(7)10(15)17-6-8-12-11(13-18-8)14(2)3/h4-5H,6H2,1-3H3. The molecule has 0 radical (unpaired) electrons. The molecule has 0 fully saturated rings. The molecule has 96 valence electrons. The predicted molar refractivity (Wildman–Crippen MR) is 61.2 cm³/mol. The van der Waals surface area contributed by atoms with Gasteiger partial charge in [0.25, 0.3) is 11.8 Å². The number of aromatic nitrogens is 2. The monoisotopic (exact) mass is 251 g/mol. The Hall–Kier alpha value is -2.31. The van der Waals surface area contributed by atoms with Gasteiger partial charge >= 0.3 is 5.97 Å². The van der Waals surface area contributed by atoms with Crippen LogP contribution in [0, 0.1) is 6.92 Å². The van der Waals surface area contributed by atoms with Crippen LogP contribution in [0.4, 0.5) is 5.95 Å². The molecule has 2 aromatic rings. The number of nitrogens with zero attached hydrogens (tertiary/aromatic N) is 3. The maximum atomic E-state index is 11.6. The van der Waals surface area contributed by atoms with Gasteiger partial charge in [-0.15, -0.1) is 0 Å². The summed E-state index contributed by atoms with van der Waals surface area (Å²) in [6.45, 7) is 1.68. The molecule has 0 aromatic carbocycles. The first kappa shape index (κ1) is 12.2. The molecule has 0 aliphatic carbocycles. The van der Waals surface area contributed by atoms with Gasteiger partial charge in [0.2, 0.25) is 5.76 Å². The molecule has 0 spiro atoms. The number of anilines is 1. The molecule has 18 heavy (non-hydrogen) atoms. The van der Waals surface area contributed by atoms with Crippen molar-refractivity contribution in [3.8, 4) is 0 Å². The second kappa shape index (κ2) is 4.91. The quantitative estimate of drug-likeness (QED) is 0.759. The van der Waals surface area contributed by atoms with Crippen LogP contribution in [0.3, 0.4) is 0 Å². The van der Waals surface area contributed by atoms with Crippen molar-refractivity contribution in [1.29, 1.82) is 0 Å². The van der Waals surface area contributed by atoms with Crippen LogP contribution >= 0.6 is 0 Å². The molecular weight excluding hydrogens is 238 g/mol. The maximum Gasteiger partial charge on any atom is 0.375 e. The largest absolute Gasteiger partial charge is 0.457 e. The Kier molecular flexibility index (Phi) is 3.31. The van der Waals surface area contributed by atoms with E-state index < -0.39 is 5.97 Å². The van der Waals surface area contributed by atoms with Gasteiger partial charge in [0.15, 0.2) is 6.61 Å². The summed E-state index contributed by atoms with van der Waals surface area (Å²) in [5.41, 5.74) is 0.722. The molecule has 2 heterocycles. The van der Waals surface area contributed by atoms with E-state index >= 15 is 0 Å². The average molecular weight is 251 g/mol. The molecule has 0 amide bonds. The fraction of sp³-hybridized carbons (Fsp3) is 0.364. The molecule has 7 heteroatoms. The summed E-state index contributed by atoms with van der Waals surface area (Å²) in [4.78, 5) is 17.3. The Morgan fingerprint density at radius 3 is 2.83 bits per heavy atom. The van der Waals surface area contributed by atoms with Gasteiger partial charge < -0.3 is 18.6 Å². The summed E-state index contributed by atoms with van der Waals surface area (Å²) in [5.74, 6) is 0.288.